The van der Waals surface area contributed by atoms with Gasteiger partial charge in [0.1, 0.15) is 0 Å². The number of benzene rings is 1. The molecule has 0 fully saturated rings. The molecule has 0 aliphatic rings. The Balaban J connectivity index is 2.39. The number of hydrogen-bond donors (Lipinski definition) is 2. The molecule has 0 aliphatic carbocycles. The molecule has 0 radical (unpaired) electrons. The molecule has 0 heterocycles. The minimum absolute atomic E-state index is 0.500. The van der Waals surface area contributed by atoms with E-state index in [1.165, 1.54) is 0 Å². The molecule has 70 valence electrons. The first-order valence-corrected chi connectivity index (χ1v) is 4.30. The van der Waals surface area contributed by atoms with Crippen molar-refractivity contribution in [2.75, 3.05) is 0 Å². The zero-order valence-corrected chi connectivity index (χ0v) is 7.44. The van der Waals surface area contributed by atoms with Gasteiger partial charge in [-0.3, -0.25) is 0 Å². The first-order chi connectivity index (χ1) is 6.20. The summed E-state index contributed by atoms with van der Waals surface area (Å²) in [5.74, 6) is -0.823. The number of carbonyl (C=O) groups is 1. The minimum Gasteiger partial charge on any atom is -0.477 e. The van der Waals surface area contributed by atoms with Crippen LogP contribution in [0.3, 0.4) is 0 Å². The number of carboxylic acids is 1. The predicted molar refractivity (Wildman–Crippen MR) is 49.1 cm³/mol. The Morgan fingerprint density at radius 3 is 2.54 bits per heavy atom. The lowest BCUT2D eigenvalue weighted by Crippen LogP contribution is -2.65. The van der Waals surface area contributed by atoms with E-state index in [0.717, 1.165) is 12.0 Å². The normalized spacial score (nSPS) is 12.4. The average Bonchev–Trinajstić information content (AvgIpc) is 2.15. The molecule has 3 heteroatoms. The van der Waals surface area contributed by atoms with Gasteiger partial charge in [0.25, 0.3) is 0 Å². The van der Waals surface area contributed by atoms with E-state index in [1.54, 1.807) is 0 Å². The monoisotopic (exact) mass is 180 g/mol. The van der Waals surface area contributed by atoms with Crippen molar-refractivity contribution in [3.63, 3.8) is 0 Å². The maximum absolute atomic E-state index is 10.5. The van der Waals surface area contributed by atoms with Crippen molar-refractivity contribution in [1.82, 2.24) is 0 Å². The summed E-state index contributed by atoms with van der Waals surface area (Å²) >= 11 is 0. The molecule has 1 unspecified atom stereocenters. The lowest BCUT2D eigenvalue weighted by molar-refractivity contribution is -0.408. The predicted octanol–water partition coefficient (Wildman–Crippen LogP) is 0.314. The molecule has 13 heavy (non-hydrogen) atoms. The van der Waals surface area contributed by atoms with Crippen LogP contribution in [0, 0.1) is 0 Å². The molecule has 1 rings (SSSR count). The third kappa shape index (κ3) is 3.25. The zero-order valence-electron chi connectivity index (χ0n) is 7.44. The molecule has 0 spiro atoms. The Labute approximate surface area is 77.2 Å². The van der Waals surface area contributed by atoms with Gasteiger partial charge < -0.3 is 10.8 Å². The second-order valence-corrected chi connectivity index (χ2v) is 3.06. The molecular formula is C10H14NO2+. The number of carboxylic acid groups (broad SMARTS) is 1. The summed E-state index contributed by atoms with van der Waals surface area (Å²) in [6, 6.07) is 9.34. The summed E-state index contributed by atoms with van der Waals surface area (Å²) < 4.78 is 0. The highest BCUT2D eigenvalue weighted by molar-refractivity contribution is 5.71. The molecular weight excluding hydrogens is 166 g/mol. The van der Waals surface area contributed by atoms with Crippen LogP contribution in [-0.4, -0.2) is 17.1 Å². The number of aryl methyl sites for hydroxylation is 1. The summed E-state index contributed by atoms with van der Waals surface area (Å²) in [5, 5.41) is 8.60. The first-order valence-electron chi connectivity index (χ1n) is 4.30. The molecule has 3 nitrogen and oxygen atoms in total. The molecule has 0 bridgehead atoms. The molecule has 4 N–H and O–H groups in total. The Hall–Kier alpha value is -1.35. The van der Waals surface area contributed by atoms with Crippen LogP contribution in [0.1, 0.15) is 12.0 Å². The van der Waals surface area contributed by atoms with Gasteiger partial charge >= 0.3 is 5.97 Å². The highest BCUT2D eigenvalue weighted by Gasteiger charge is 2.14. The van der Waals surface area contributed by atoms with E-state index in [1.807, 2.05) is 30.3 Å². The molecule has 1 atom stereocenters. The van der Waals surface area contributed by atoms with Crippen molar-refractivity contribution in [2.24, 2.45) is 0 Å². The van der Waals surface area contributed by atoms with E-state index >= 15 is 0 Å². The van der Waals surface area contributed by atoms with Gasteiger partial charge in [-0.15, -0.1) is 0 Å². The van der Waals surface area contributed by atoms with E-state index in [9.17, 15) is 4.79 Å². The third-order valence-electron chi connectivity index (χ3n) is 1.97. The second-order valence-electron chi connectivity index (χ2n) is 3.06. The van der Waals surface area contributed by atoms with Gasteiger partial charge in [0.2, 0.25) is 0 Å². The van der Waals surface area contributed by atoms with Crippen molar-refractivity contribution in [3.05, 3.63) is 35.9 Å². The SMILES string of the molecule is [NH3+]C(CCc1ccccc1)C(=O)O. The summed E-state index contributed by atoms with van der Waals surface area (Å²) in [6.07, 6.45) is 1.38. The Morgan fingerprint density at radius 2 is 2.00 bits per heavy atom. The minimum atomic E-state index is -0.823. The average molecular weight is 180 g/mol. The van der Waals surface area contributed by atoms with E-state index in [-0.39, 0.29) is 0 Å². The number of rotatable bonds is 4. The topological polar surface area (TPSA) is 64.9 Å². The van der Waals surface area contributed by atoms with Crippen LogP contribution >= 0.6 is 0 Å². The first kappa shape index (κ1) is 9.74. The van der Waals surface area contributed by atoms with E-state index in [4.69, 9.17) is 5.11 Å². The lowest BCUT2D eigenvalue weighted by atomic mass is 10.1. The molecule has 0 aliphatic heterocycles. The quantitative estimate of drug-likeness (QED) is 0.700. The van der Waals surface area contributed by atoms with Crippen LogP contribution in [-0.2, 0) is 11.2 Å². The molecule has 1 aromatic carbocycles. The van der Waals surface area contributed by atoms with Gasteiger partial charge in [-0.05, 0) is 12.0 Å². The van der Waals surface area contributed by atoms with Gasteiger partial charge in [-0.2, -0.15) is 0 Å². The molecule has 0 saturated heterocycles. The highest BCUT2D eigenvalue weighted by Crippen LogP contribution is 2.03. The van der Waals surface area contributed by atoms with Gasteiger partial charge in [0, 0.05) is 6.42 Å². The number of aliphatic carboxylic acids is 1. The summed E-state index contributed by atoms with van der Waals surface area (Å²) in [7, 11) is 0. The van der Waals surface area contributed by atoms with Gasteiger partial charge in [-0.1, -0.05) is 30.3 Å². The summed E-state index contributed by atoms with van der Waals surface area (Å²) in [4.78, 5) is 10.5. The smallest absolute Gasteiger partial charge is 0.362 e. The fourth-order valence-corrected chi connectivity index (χ4v) is 1.11. The van der Waals surface area contributed by atoms with Crippen molar-refractivity contribution in [1.29, 1.82) is 0 Å². The van der Waals surface area contributed by atoms with E-state index in [0.29, 0.717) is 6.42 Å². The molecule has 0 aromatic heterocycles. The van der Waals surface area contributed by atoms with Crippen LogP contribution in [0.2, 0.25) is 0 Å². The Morgan fingerprint density at radius 1 is 1.38 bits per heavy atom. The highest BCUT2D eigenvalue weighted by atomic mass is 16.4. The number of quaternary nitrogens is 1. The third-order valence-corrected chi connectivity index (χ3v) is 1.97. The number of hydrogen-bond acceptors (Lipinski definition) is 1. The van der Waals surface area contributed by atoms with Crippen LogP contribution < -0.4 is 5.73 Å². The fraction of sp³-hybridized carbons (Fsp3) is 0.300. The maximum atomic E-state index is 10.5. The summed E-state index contributed by atoms with van der Waals surface area (Å²) in [5.41, 5.74) is 4.72. The van der Waals surface area contributed by atoms with Crippen LogP contribution in [0.25, 0.3) is 0 Å². The van der Waals surface area contributed by atoms with Crippen molar-refractivity contribution in [2.45, 2.75) is 18.9 Å². The standard InChI is InChI=1S/C10H13NO2/c11-9(10(12)13)7-6-8-4-2-1-3-5-8/h1-5,9H,6-7,11H2,(H,12,13)/p+1. The van der Waals surface area contributed by atoms with E-state index in [2.05, 4.69) is 5.73 Å². The Kier molecular flexibility index (Phi) is 3.46. The maximum Gasteiger partial charge on any atom is 0.362 e. The van der Waals surface area contributed by atoms with Crippen LogP contribution in [0.15, 0.2) is 30.3 Å². The van der Waals surface area contributed by atoms with Crippen molar-refractivity contribution < 1.29 is 15.6 Å². The van der Waals surface area contributed by atoms with E-state index < -0.39 is 12.0 Å². The Bertz CT molecular complexity index is 272. The fourth-order valence-electron chi connectivity index (χ4n) is 1.11. The van der Waals surface area contributed by atoms with Gasteiger partial charge in [0.15, 0.2) is 6.04 Å². The van der Waals surface area contributed by atoms with Crippen molar-refractivity contribution in [3.8, 4) is 0 Å². The molecule has 1 aromatic rings. The van der Waals surface area contributed by atoms with Crippen LogP contribution in [0.5, 0.6) is 0 Å². The summed E-state index contributed by atoms with van der Waals surface area (Å²) in [6.45, 7) is 0. The lowest BCUT2D eigenvalue weighted by Gasteiger charge is -2.02. The van der Waals surface area contributed by atoms with Gasteiger partial charge in [-0.25, -0.2) is 4.79 Å². The van der Waals surface area contributed by atoms with Crippen molar-refractivity contribution >= 4 is 5.97 Å². The van der Waals surface area contributed by atoms with Gasteiger partial charge in [0.05, 0.1) is 0 Å². The zero-order chi connectivity index (χ0) is 9.68. The largest absolute Gasteiger partial charge is 0.477 e. The molecule has 0 saturated carbocycles. The molecule has 0 amide bonds. The second kappa shape index (κ2) is 4.62. The van der Waals surface area contributed by atoms with Crippen LogP contribution in [0.4, 0.5) is 0 Å².